The molecule has 0 spiro atoms. The molecule has 0 unspecified atom stereocenters. The van der Waals surface area contributed by atoms with E-state index in [0.29, 0.717) is 6.42 Å². The van der Waals surface area contributed by atoms with Crippen molar-refractivity contribution in [3.8, 4) is 0 Å². The first-order chi connectivity index (χ1) is 3.72. The summed E-state index contributed by atoms with van der Waals surface area (Å²) in [6.45, 7) is 5.01. The van der Waals surface area contributed by atoms with E-state index in [0.717, 1.165) is 6.08 Å². The molecule has 0 saturated carbocycles. The van der Waals surface area contributed by atoms with Gasteiger partial charge >= 0.3 is 0 Å². The topological polar surface area (TPSA) is 26.0 Å². The average Bonchev–Trinajstić information content (AvgIpc) is 1.84. The maximum absolute atomic E-state index is 12.2. The molecular weight excluding hydrogens is 105 g/mol. The summed E-state index contributed by atoms with van der Waals surface area (Å²) in [6, 6.07) is 0. The second kappa shape index (κ2) is 3.24. The SMILES string of the molecule is C=C/C(F)=C(\N)CC. The Bertz CT molecular complexity index is 116. The van der Waals surface area contributed by atoms with Crippen LogP contribution in [0.15, 0.2) is 24.2 Å². The van der Waals surface area contributed by atoms with Crippen LogP contribution in [0.3, 0.4) is 0 Å². The second-order valence-electron chi connectivity index (χ2n) is 1.43. The Kier molecular flexibility index (Phi) is 2.92. The van der Waals surface area contributed by atoms with Gasteiger partial charge in [0.05, 0.1) is 0 Å². The Balaban J connectivity index is 4.03. The lowest BCUT2D eigenvalue weighted by molar-refractivity contribution is 0.646. The fraction of sp³-hybridized carbons (Fsp3) is 0.333. The van der Waals surface area contributed by atoms with Crippen molar-refractivity contribution in [1.82, 2.24) is 0 Å². The summed E-state index contributed by atoms with van der Waals surface area (Å²) in [5.74, 6) is -0.410. The Morgan fingerprint density at radius 2 is 2.38 bits per heavy atom. The molecule has 0 heterocycles. The quantitative estimate of drug-likeness (QED) is 0.545. The lowest BCUT2D eigenvalue weighted by atomic mass is 10.3. The average molecular weight is 115 g/mol. The van der Waals surface area contributed by atoms with Crippen molar-refractivity contribution in [1.29, 1.82) is 0 Å². The maximum Gasteiger partial charge on any atom is 0.141 e. The van der Waals surface area contributed by atoms with Gasteiger partial charge in [-0.15, -0.1) is 0 Å². The van der Waals surface area contributed by atoms with Crippen LogP contribution in [-0.2, 0) is 0 Å². The zero-order valence-electron chi connectivity index (χ0n) is 4.95. The van der Waals surface area contributed by atoms with Gasteiger partial charge in [-0.05, 0) is 12.5 Å². The second-order valence-corrected chi connectivity index (χ2v) is 1.43. The van der Waals surface area contributed by atoms with Crippen molar-refractivity contribution in [2.45, 2.75) is 13.3 Å². The number of hydrogen-bond donors (Lipinski definition) is 1. The zero-order chi connectivity index (χ0) is 6.57. The van der Waals surface area contributed by atoms with Crippen molar-refractivity contribution in [2.75, 3.05) is 0 Å². The van der Waals surface area contributed by atoms with Gasteiger partial charge in [0, 0.05) is 5.70 Å². The van der Waals surface area contributed by atoms with Gasteiger partial charge in [-0.3, -0.25) is 0 Å². The summed E-state index contributed by atoms with van der Waals surface area (Å²) < 4.78 is 12.2. The van der Waals surface area contributed by atoms with Gasteiger partial charge in [-0.1, -0.05) is 13.5 Å². The van der Waals surface area contributed by atoms with E-state index in [1.807, 2.05) is 0 Å². The number of allylic oxidation sites excluding steroid dienone is 3. The molecule has 2 N–H and O–H groups in total. The third-order valence-electron chi connectivity index (χ3n) is 0.867. The highest BCUT2D eigenvalue weighted by atomic mass is 19.1. The van der Waals surface area contributed by atoms with Crippen molar-refractivity contribution in [3.63, 3.8) is 0 Å². The van der Waals surface area contributed by atoms with E-state index >= 15 is 0 Å². The van der Waals surface area contributed by atoms with Gasteiger partial charge < -0.3 is 5.73 Å². The smallest absolute Gasteiger partial charge is 0.141 e. The predicted octanol–water partition coefficient (Wildman–Crippen LogP) is 1.72. The van der Waals surface area contributed by atoms with E-state index in [-0.39, 0.29) is 5.70 Å². The molecule has 0 bridgehead atoms. The van der Waals surface area contributed by atoms with E-state index in [9.17, 15) is 4.39 Å². The fourth-order valence-electron chi connectivity index (χ4n) is 0.300. The summed E-state index contributed by atoms with van der Waals surface area (Å²) in [6.07, 6.45) is 1.65. The third-order valence-corrected chi connectivity index (χ3v) is 0.867. The van der Waals surface area contributed by atoms with Gasteiger partial charge in [0.15, 0.2) is 0 Å². The van der Waals surface area contributed by atoms with E-state index in [4.69, 9.17) is 5.73 Å². The summed E-state index contributed by atoms with van der Waals surface area (Å²) in [7, 11) is 0. The van der Waals surface area contributed by atoms with Gasteiger partial charge in [-0.25, -0.2) is 4.39 Å². The van der Waals surface area contributed by atoms with Crippen LogP contribution in [0.2, 0.25) is 0 Å². The molecule has 0 atom stereocenters. The summed E-state index contributed by atoms with van der Waals surface area (Å²) >= 11 is 0. The summed E-state index contributed by atoms with van der Waals surface area (Å²) in [4.78, 5) is 0. The molecule has 0 aliphatic heterocycles. The molecule has 0 aromatic rings. The molecule has 0 amide bonds. The number of rotatable bonds is 2. The highest BCUT2D eigenvalue weighted by Crippen LogP contribution is 2.03. The van der Waals surface area contributed by atoms with Crippen molar-refractivity contribution >= 4 is 0 Å². The third kappa shape index (κ3) is 1.78. The van der Waals surface area contributed by atoms with Crippen LogP contribution in [0.1, 0.15) is 13.3 Å². The maximum atomic E-state index is 12.2. The molecule has 0 aliphatic carbocycles. The monoisotopic (exact) mass is 115 g/mol. The van der Waals surface area contributed by atoms with E-state index < -0.39 is 5.83 Å². The first-order valence-electron chi connectivity index (χ1n) is 2.49. The van der Waals surface area contributed by atoms with Gasteiger partial charge in [0.25, 0.3) is 0 Å². The molecule has 8 heavy (non-hydrogen) atoms. The summed E-state index contributed by atoms with van der Waals surface area (Å²) in [5, 5.41) is 0. The Morgan fingerprint density at radius 1 is 1.88 bits per heavy atom. The minimum Gasteiger partial charge on any atom is -0.400 e. The van der Waals surface area contributed by atoms with Crippen molar-refractivity contribution < 1.29 is 4.39 Å². The van der Waals surface area contributed by atoms with Crippen LogP contribution in [0.5, 0.6) is 0 Å². The molecule has 0 saturated heterocycles. The first-order valence-corrected chi connectivity index (χ1v) is 2.49. The van der Waals surface area contributed by atoms with Crippen LogP contribution in [0, 0.1) is 0 Å². The molecule has 0 aromatic carbocycles. The molecule has 0 rings (SSSR count). The molecule has 1 nitrogen and oxygen atoms in total. The molecular formula is C6H10FN. The van der Waals surface area contributed by atoms with E-state index in [2.05, 4.69) is 6.58 Å². The lowest BCUT2D eigenvalue weighted by Gasteiger charge is -1.92. The zero-order valence-corrected chi connectivity index (χ0v) is 4.95. The minimum atomic E-state index is -0.410. The van der Waals surface area contributed by atoms with E-state index in [1.54, 1.807) is 6.92 Å². The van der Waals surface area contributed by atoms with Crippen molar-refractivity contribution in [3.05, 3.63) is 24.2 Å². The molecule has 2 heteroatoms. The largest absolute Gasteiger partial charge is 0.400 e. The predicted molar refractivity (Wildman–Crippen MR) is 32.8 cm³/mol. The van der Waals surface area contributed by atoms with Gasteiger partial charge in [0.2, 0.25) is 0 Å². The minimum absolute atomic E-state index is 0.264. The number of nitrogens with two attached hydrogens (primary N) is 1. The highest BCUT2D eigenvalue weighted by Gasteiger charge is 1.91. The molecule has 0 fully saturated rings. The Hall–Kier alpha value is -0.790. The first kappa shape index (κ1) is 7.21. The summed E-state index contributed by atoms with van der Waals surface area (Å²) in [5.41, 5.74) is 5.42. The molecule has 46 valence electrons. The standard InChI is InChI=1S/C6H10FN/c1-3-5(7)6(8)4-2/h3H,1,4,8H2,2H3/b6-5+. The van der Waals surface area contributed by atoms with Gasteiger partial charge in [-0.2, -0.15) is 0 Å². The Morgan fingerprint density at radius 3 is 2.50 bits per heavy atom. The molecule has 0 aromatic heterocycles. The van der Waals surface area contributed by atoms with Crippen LogP contribution < -0.4 is 5.73 Å². The van der Waals surface area contributed by atoms with Crippen LogP contribution in [-0.4, -0.2) is 0 Å². The van der Waals surface area contributed by atoms with Crippen LogP contribution in [0.4, 0.5) is 4.39 Å². The van der Waals surface area contributed by atoms with Crippen LogP contribution >= 0.6 is 0 Å². The number of halogens is 1. The lowest BCUT2D eigenvalue weighted by Crippen LogP contribution is -1.96. The van der Waals surface area contributed by atoms with Crippen molar-refractivity contribution in [2.24, 2.45) is 5.73 Å². The Labute approximate surface area is 48.7 Å². The van der Waals surface area contributed by atoms with E-state index in [1.165, 1.54) is 0 Å². The fourth-order valence-corrected chi connectivity index (χ4v) is 0.300. The number of hydrogen-bond acceptors (Lipinski definition) is 1. The van der Waals surface area contributed by atoms with Crippen LogP contribution in [0.25, 0.3) is 0 Å². The molecule has 0 aliphatic rings. The molecule has 0 radical (unpaired) electrons. The highest BCUT2D eigenvalue weighted by molar-refractivity contribution is 5.13. The normalized spacial score (nSPS) is 12.8. The van der Waals surface area contributed by atoms with Gasteiger partial charge in [0.1, 0.15) is 5.83 Å².